The summed E-state index contributed by atoms with van der Waals surface area (Å²) in [4.78, 5) is 11.9. The number of carbonyl (C=O) groups is 1. The molecule has 0 heterocycles. The van der Waals surface area contributed by atoms with Gasteiger partial charge in [-0.05, 0) is 12.1 Å². The number of carboxylic acids is 1. The van der Waals surface area contributed by atoms with Gasteiger partial charge in [0.2, 0.25) is 0 Å². The quantitative estimate of drug-likeness (QED) is 0.867. The van der Waals surface area contributed by atoms with Crippen molar-refractivity contribution in [3.8, 4) is 0 Å². The molecule has 0 amide bonds. The van der Waals surface area contributed by atoms with Gasteiger partial charge in [-0.25, -0.2) is 4.39 Å². The van der Waals surface area contributed by atoms with E-state index in [-0.39, 0.29) is 24.6 Å². The zero-order valence-corrected chi connectivity index (χ0v) is 9.13. The molecule has 5 heteroatoms. The Morgan fingerprint density at radius 3 is 2.60 bits per heavy atom. The highest BCUT2D eigenvalue weighted by Crippen LogP contribution is 2.16. The molecule has 0 aliphatic rings. The smallest absolute Gasteiger partial charge is 0.305 e. The van der Waals surface area contributed by atoms with Crippen LogP contribution in [-0.2, 0) is 4.79 Å². The Morgan fingerprint density at radius 1 is 1.47 bits per heavy atom. The highest BCUT2D eigenvalue weighted by atomic mass is 35.5. The zero-order chi connectivity index (χ0) is 10.6. The summed E-state index contributed by atoms with van der Waals surface area (Å²) < 4.78 is 13.2. The molecule has 0 aliphatic carbocycles. The Labute approximate surface area is 93.9 Å². The van der Waals surface area contributed by atoms with E-state index < -0.39 is 5.97 Å². The minimum Gasteiger partial charge on any atom is -0.481 e. The van der Waals surface area contributed by atoms with Crippen LogP contribution in [0.2, 0.25) is 0 Å². The molecule has 0 bridgehead atoms. The molecular formula is C10H13ClFNO2. The molecule has 1 N–H and O–H groups in total. The van der Waals surface area contributed by atoms with Crippen LogP contribution in [0.25, 0.3) is 0 Å². The Balaban J connectivity index is 0.00000196. The predicted molar refractivity (Wildman–Crippen MR) is 59.2 cm³/mol. The van der Waals surface area contributed by atoms with Crippen molar-refractivity contribution in [2.45, 2.75) is 6.42 Å². The SMILES string of the molecule is CN(CCC(=O)O)c1ccccc1F.Cl. The van der Waals surface area contributed by atoms with Crippen molar-refractivity contribution in [2.75, 3.05) is 18.5 Å². The molecule has 3 nitrogen and oxygen atoms in total. The number of hydrogen-bond donors (Lipinski definition) is 1. The first-order chi connectivity index (χ1) is 6.61. The fraction of sp³-hybridized carbons (Fsp3) is 0.300. The van der Waals surface area contributed by atoms with Gasteiger partial charge in [0.15, 0.2) is 0 Å². The van der Waals surface area contributed by atoms with Gasteiger partial charge in [0.25, 0.3) is 0 Å². The summed E-state index contributed by atoms with van der Waals surface area (Å²) in [5.74, 6) is -1.21. The Morgan fingerprint density at radius 2 is 2.07 bits per heavy atom. The molecule has 15 heavy (non-hydrogen) atoms. The lowest BCUT2D eigenvalue weighted by atomic mass is 10.2. The van der Waals surface area contributed by atoms with E-state index in [1.165, 1.54) is 6.07 Å². The molecule has 0 unspecified atom stereocenters. The summed E-state index contributed by atoms with van der Waals surface area (Å²) in [6, 6.07) is 6.29. The van der Waals surface area contributed by atoms with Crippen molar-refractivity contribution in [3.05, 3.63) is 30.1 Å². The van der Waals surface area contributed by atoms with Crippen LogP contribution < -0.4 is 4.90 Å². The average molecular weight is 234 g/mol. The number of carboxylic acid groups (broad SMARTS) is 1. The summed E-state index contributed by atoms with van der Waals surface area (Å²) >= 11 is 0. The molecule has 0 atom stereocenters. The van der Waals surface area contributed by atoms with Crippen LogP contribution >= 0.6 is 12.4 Å². The van der Waals surface area contributed by atoms with Gasteiger partial charge in [-0.15, -0.1) is 12.4 Å². The molecule has 0 aliphatic heterocycles. The molecule has 1 aromatic rings. The zero-order valence-electron chi connectivity index (χ0n) is 8.31. The predicted octanol–water partition coefficient (Wildman–Crippen LogP) is 2.16. The van der Waals surface area contributed by atoms with Gasteiger partial charge in [0, 0.05) is 13.6 Å². The summed E-state index contributed by atoms with van der Waals surface area (Å²) in [5, 5.41) is 8.46. The molecule has 84 valence electrons. The number of para-hydroxylation sites is 1. The van der Waals surface area contributed by atoms with Crippen LogP contribution in [-0.4, -0.2) is 24.7 Å². The minimum absolute atomic E-state index is 0. The van der Waals surface area contributed by atoms with Crippen molar-refractivity contribution >= 4 is 24.1 Å². The topological polar surface area (TPSA) is 40.5 Å². The average Bonchev–Trinajstić information content (AvgIpc) is 2.15. The highest BCUT2D eigenvalue weighted by molar-refractivity contribution is 5.85. The van der Waals surface area contributed by atoms with Crippen LogP contribution in [0.5, 0.6) is 0 Å². The maximum atomic E-state index is 13.2. The Kier molecular flexibility index (Phi) is 5.70. The molecule has 0 aromatic heterocycles. The van der Waals surface area contributed by atoms with Crippen molar-refractivity contribution in [2.24, 2.45) is 0 Å². The molecule has 0 spiro atoms. The molecule has 0 saturated heterocycles. The molecule has 0 fully saturated rings. The third kappa shape index (κ3) is 4.16. The summed E-state index contributed by atoms with van der Waals surface area (Å²) in [6.07, 6.45) is 0.00480. The standard InChI is InChI=1S/C10H12FNO2.ClH/c1-12(7-6-10(13)14)9-5-3-2-4-8(9)11;/h2-5H,6-7H2,1H3,(H,13,14);1H. The van der Waals surface area contributed by atoms with Crippen LogP contribution in [0.3, 0.4) is 0 Å². The van der Waals surface area contributed by atoms with Gasteiger partial charge in [0.05, 0.1) is 12.1 Å². The normalized spacial score (nSPS) is 9.20. The largest absolute Gasteiger partial charge is 0.481 e. The molecule has 1 aromatic carbocycles. The number of halogens is 2. The number of hydrogen-bond acceptors (Lipinski definition) is 2. The van der Waals surface area contributed by atoms with E-state index in [9.17, 15) is 9.18 Å². The lowest BCUT2D eigenvalue weighted by Gasteiger charge is -2.18. The van der Waals surface area contributed by atoms with Crippen molar-refractivity contribution in [1.82, 2.24) is 0 Å². The summed E-state index contributed by atoms with van der Waals surface area (Å²) in [5.41, 5.74) is 0.425. The van der Waals surface area contributed by atoms with Gasteiger partial charge in [-0.2, -0.15) is 0 Å². The lowest BCUT2D eigenvalue weighted by Crippen LogP contribution is -2.21. The molecule has 0 saturated carbocycles. The second-order valence-corrected chi connectivity index (χ2v) is 3.02. The van der Waals surface area contributed by atoms with Crippen LogP contribution in [0.4, 0.5) is 10.1 Å². The van der Waals surface area contributed by atoms with E-state index in [1.54, 1.807) is 30.1 Å². The minimum atomic E-state index is -0.881. The van der Waals surface area contributed by atoms with E-state index in [1.807, 2.05) is 0 Å². The number of anilines is 1. The van der Waals surface area contributed by atoms with Crippen molar-refractivity contribution < 1.29 is 14.3 Å². The Bertz CT molecular complexity index is 333. The number of aliphatic carboxylic acids is 1. The van der Waals surface area contributed by atoms with E-state index >= 15 is 0 Å². The maximum Gasteiger partial charge on any atom is 0.305 e. The fourth-order valence-corrected chi connectivity index (χ4v) is 1.15. The third-order valence-electron chi connectivity index (χ3n) is 1.92. The van der Waals surface area contributed by atoms with Crippen LogP contribution in [0, 0.1) is 5.82 Å². The summed E-state index contributed by atoms with van der Waals surface area (Å²) in [7, 11) is 1.67. The molecular weight excluding hydrogens is 221 g/mol. The van der Waals surface area contributed by atoms with Gasteiger partial charge in [-0.3, -0.25) is 4.79 Å². The number of benzene rings is 1. The second-order valence-electron chi connectivity index (χ2n) is 3.02. The molecule has 0 radical (unpaired) electrons. The van der Waals surface area contributed by atoms with Crippen LogP contribution in [0.1, 0.15) is 6.42 Å². The van der Waals surface area contributed by atoms with E-state index in [4.69, 9.17) is 5.11 Å². The maximum absolute atomic E-state index is 13.2. The van der Waals surface area contributed by atoms with Gasteiger partial charge in [0.1, 0.15) is 5.82 Å². The fourth-order valence-electron chi connectivity index (χ4n) is 1.15. The van der Waals surface area contributed by atoms with Crippen LogP contribution in [0.15, 0.2) is 24.3 Å². The first kappa shape index (κ1) is 13.7. The summed E-state index contributed by atoms with van der Waals surface area (Å²) in [6.45, 7) is 0.302. The number of rotatable bonds is 4. The second kappa shape index (κ2) is 6.24. The number of nitrogens with zero attached hydrogens (tertiary/aromatic N) is 1. The van der Waals surface area contributed by atoms with E-state index in [0.717, 1.165) is 0 Å². The van der Waals surface area contributed by atoms with E-state index in [0.29, 0.717) is 12.2 Å². The first-order valence-electron chi connectivity index (χ1n) is 4.28. The molecule has 1 rings (SSSR count). The highest BCUT2D eigenvalue weighted by Gasteiger charge is 2.07. The van der Waals surface area contributed by atoms with E-state index in [2.05, 4.69) is 0 Å². The van der Waals surface area contributed by atoms with Gasteiger partial charge in [-0.1, -0.05) is 12.1 Å². The lowest BCUT2D eigenvalue weighted by molar-refractivity contribution is -0.136. The first-order valence-corrected chi connectivity index (χ1v) is 4.28. The third-order valence-corrected chi connectivity index (χ3v) is 1.92. The Hall–Kier alpha value is -1.29. The van der Waals surface area contributed by atoms with Gasteiger partial charge < -0.3 is 10.0 Å². The van der Waals surface area contributed by atoms with Crippen molar-refractivity contribution in [1.29, 1.82) is 0 Å². The van der Waals surface area contributed by atoms with Gasteiger partial charge >= 0.3 is 5.97 Å². The monoisotopic (exact) mass is 233 g/mol. The van der Waals surface area contributed by atoms with Crippen molar-refractivity contribution in [3.63, 3.8) is 0 Å².